The Balaban J connectivity index is 2.00. The minimum atomic E-state index is -3.90. The summed E-state index contributed by atoms with van der Waals surface area (Å²) in [5.74, 6) is -0.703. The van der Waals surface area contributed by atoms with Gasteiger partial charge in [-0.1, -0.05) is 12.1 Å². The lowest BCUT2D eigenvalue weighted by Crippen LogP contribution is -2.30. The molecular formula is C15H15NO4S2. The molecule has 2 aromatic rings. The third kappa shape index (κ3) is 4.25. The highest BCUT2D eigenvalue weighted by molar-refractivity contribution is 7.90. The van der Waals surface area contributed by atoms with Gasteiger partial charge in [0.2, 0.25) is 5.91 Å². The average molecular weight is 337 g/mol. The number of carbonyl (C=O) groups excluding carboxylic acids is 2. The predicted octanol–water partition coefficient (Wildman–Crippen LogP) is 2.39. The van der Waals surface area contributed by atoms with E-state index in [1.54, 1.807) is 0 Å². The van der Waals surface area contributed by atoms with E-state index in [2.05, 4.69) is 0 Å². The van der Waals surface area contributed by atoms with Crippen LogP contribution < -0.4 is 4.72 Å². The number of sulfonamides is 1. The standard InChI is InChI=1S/C15H15NO4S2/c1-11(17)13-3-5-14(6-4-13)22(19,20)16-15(18)7-2-12-8-9-21-10-12/h3-6,8-10H,2,7H2,1H3,(H,16,18). The number of rotatable bonds is 6. The van der Waals surface area contributed by atoms with Gasteiger partial charge in [0.25, 0.3) is 10.0 Å². The first-order valence-electron chi connectivity index (χ1n) is 6.56. The van der Waals surface area contributed by atoms with Crippen molar-refractivity contribution < 1.29 is 18.0 Å². The van der Waals surface area contributed by atoms with Crippen molar-refractivity contribution >= 4 is 33.1 Å². The molecule has 1 aromatic heterocycles. The van der Waals surface area contributed by atoms with Crippen LogP contribution in [-0.2, 0) is 21.2 Å². The van der Waals surface area contributed by atoms with Crippen molar-refractivity contribution in [1.29, 1.82) is 0 Å². The number of ketones is 1. The molecule has 0 bridgehead atoms. The summed E-state index contributed by atoms with van der Waals surface area (Å²) in [5, 5.41) is 3.82. The molecule has 0 saturated heterocycles. The summed E-state index contributed by atoms with van der Waals surface area (Å²) in [5.41, 5.74) is 1.42. The Hall–Kier alpha value is -1.99. The van der Waals surface area contributed by atoms with Crippen molar-refractivity contribution in [3.05, 3.63) is 52.2 Å². The lowest BCUT2D eigenvalue weighted by molar-refractivity contribution is -0.119. The Kier molecular flexibility index (Phi) is 5.10. The molecule has 0 fully saturated rings. The molecule has 1 N–H and O–H groups in total. The Morgan fingerprint density at radius 3 is 2.36 bits per heavy atom. The van der Waals surface area contributed by atoms with Gasteiger partial charge in [-0.15, -0.1) is 0 Å². The Labute approximate surface area is 133 Å². The zero-order chi connectivity index (χ0) is 16.2. The van der Waals surface area contributed by atoms with Crippen molar-refractivity contribution in [2.45, 2.75) is 24.7 Å². The van der Waals surface area contributed by atoms with Gasteiger partial charge < -0.3 is 0 Å². The summed E-state index contributed by atoms with van der Waals surface area (Å²) in [6.07, 6.45) is 0.593. The van der Waals surface area contributed by atoms with Crippen LogP contribution in [0.1, 0.15) is 29.3 Å². The maximum absolute atomic E-state index is 12.1. The second kappa shape index (κ2) is 6.85. The van der Waals surface area contributed by atoms with E-state index in [9.17, 15) is 18.0 Å². The van der Waals surface area contributed by atoms with Crippen LogP contribution in [0, 0.1) is 0 Å². The van der Waals surface area contributed by atoms with Crippen LogP contribution in [0.4, 0.5) is 0 Å². The number of hydrogen-bond acceptors (Lipinski definition) is 5. The lowest BCUT2D eigenvalue weighted by atomic mass is 10.2. The van der Waals surface area contributed by atoms with Gasteiger partial charge in [0.05, 0.1) is 4.90 Å². The number of nitrogens with one attached hydrogen (secondary N) is 1. The quantitative estimate of drug-likeness (QED) is 0.821. The van der Waals surface area contributed by atoms with E-state index in [1.807, 2.05) is 21.5 Å². The average Bonchev–Trinajstić information content (AvgIpc) is 2.98. The van der Waals surface area contributed by atoms with E-state index in [1.165, 1.54) is 42.5 Å². The van der Waals surface area contributed by atoms with Crippen LogP contribution in [0.25, 0.3) is 0 Å². The largest absolute Gasteiger partial charge is 0.295 e. The van der Waals surface area contributed by atoms with Crippen LogP contribution in [0.2, 0.25) is 0 Å². The molecule has 5 nitrogen and oxygen atoms in total. The van der Waals surface area contributed by atoms with Crippen molar-refractivity contribution in [1.82, 2.24) is 4.72 Å². The predicted molar refractivity (Wildman–Crippen MR) is 84.4 cm³/mol. The molecule has 7 heteroatoms. The van der Waals surface area contributed by atoms with Gasteiger partial charge in [-0.05, 0) is 47.9 Å². The fourth-order valence-corrected chi connectivity index (χ4v) is 3.54. The van der Waals surface area contributed by atoms with Crippen LogP contribution >= 0.6 is 11.3 Å². The van der Waals surface area contributed by atoms with Crippen LogP contribution in [0.3, 0.4) is 0 Å². The van der Waals surface area contributed by atoms with E-state index >= 15 is 0 Å². The highest BCUT2D eigenvalue weighted by Gasteiger charge is 2.17. The molecule has 0 radical (unpaired) electrons. The summed E-state index contributed by atoms with van der Waals surface area (Å²) in [4.78, 5) is 22.9. The number of Topliss-reactive ketones (excluding diaryl/α,β-unsaturated/α-hetero) is 1. The van der Waals surface area contributed by atoms with Gasteiger partial charge in [0, 0.05) is 12.0 Å². The number of thiophene rings is 1. The zero-order valence-corrected chi connectivity index (χ0v) is 13.5. The number of amides is 1. The first-order chi connectivity index (χ1) is 10.4. The number of aryl methyl sites for hydroxylation is 1. The molecule has 0 aliphatic heterocycles. The van der Waals surface area contributed by atoms with Crippen molar-refractivity contribution in [3.63, 3.8) is 0 Å². The Morgan fingerprint density at radius 1 is 1.14 bits per heavy atom. The van der Waals surface area contributed by atoms with Gasteiger partial charge in [-0.25, -0.2) is 13.1 Å². The normalized spacial score (nSPS) is 11.1. The van der Waals surface area contributed by atoms with Gasteiger partial charge >= 0.3 is 0 Å². The third-order valence-electron chi connectivity index (χ3n) is 3.04. The van der Waals surface area contributed by atoms with E-state index in [4.69, 9.17) is 0 Å². The fraction of sp³-hybridized carbons (Fsp3) is 0.200. The molecule has 1 aromatic carbocycles. The molecule has 0 unspecified atom stereocenters. The van der Waals surface area contributed by atoms with Crippen molar-refractivity contribution in [3.8, 4) is 0 Å². The molecule has 1 heterocycles. The highest BCUT2D eigenvalue weighted by Crippen LogP contribution is 2.12. The molecule has 0 saturated carbocycles. The first kappa shape index (κ1) is 16.4. The van der Waals surface area contributed by atoms with E-state index < -0.39 is 15.9 Å². The SMILES string of the molecule is CC(=O)c1ccc(S(=O)(=O)NC(=O)CCc2ccsc2)cc1. The Bertz CT molecular complexity index is 762. The summed E-state index contributed by atoms with van der Waals surface area (Å²) in [6, 6.07) is 7.36. The highest BCUT2D eigenvalue weighted by atomic mass is 32.2. The molecule has 0 atom stereocenters. The molecule has 0 spiro atoms. The van der Waals surface area contributed by atoms with E-state index in [-0.39, 0.29) is 17.1 Å². The topological polar surface area (TPSA) is 80.3 Å². The van der Waals surface area contributed by atoms with Crippen LogP contribution in [0.5, 0.6) is 0 Å². The van der Waals surface area contributed by atoms with Crippen molar-refractivity contribution in [2.24, 2.45) is 0 Å². The summed E-state index contributed by atoms with van der Waals surface area (Å²) >= 11 is 1.53. The third-order valence-corrected chi connectivity index (χ3v) is 5.16. The van der Waals surface area contributed by atoms with E-state index in [0.717, 1.165) is 5.56 Å². The maximum atomic E-state index is 12.1. The first-order valence-corrected chi connectivity index (χ1v) is 8.99. The molecule has 2 rings (SSSR count). The second-order valence-corrected chi connectivity index (χ2v) is 7.20. The molecule has 0 aliphatic rings. The van der Waals surface area contributed by atoms with E-state index in [0.29, 0.717) is 12.0 Å². The van der Waals surface area contributed by atoms with Crippen molar-refractivity contribution in [2.75, 3.05) is 0 Å². The van der Waals surface area contributed by atoms with Crippen LogP contribution in [-0.4, -0.2) is 20.1 Å². The maximum Gasteiger partial charge on any atom is 0.264 e. The molecule has 116 valence electrons. The van der Waals surface area contributed by atoms with Gasteiger partial charge in [-0.2, -0.15) is 11.3 Å². The Morgan fingerprint density at radius 2 is 1.82 bits per heavy atom. The fourth-order valence-electron chi connectivity index (χ4n) is 1.82. The monoisotopic (exact) mass is 337 g/mol. The number of carbonyl (C=O) groups is 2. The minimum absolute atomic E-state index is 0.0404. The minimum Gasteiger partial charge on any atom is -0.295 e. The smallest absolute Gasteiger partial charge is 0.264 e. The lowest BCUT2D eigenvalue weighted by Gasteiger charge is -2.07. The van der Waals surface area contributed by atoms with Crippen LogP contribution in [0.15, 0.2) is 46.0 Å². The van der Waals surface area contributed by atoms with Gasteiger partial charge in [0.1, 0.15) is 0 Å². The zero-order valence-electron chi connectivity index (χ0n) is 11.9. The number of hydrogen-bond donors (Lipinski definition) is 1. The molecule has 1 amide bonds. The summed E-state index contributed by atoms with van der Waals surface area (Å²) in [6.45, 7) is 1.40. The summed E-state index contributed by atoms with van der Waals surface area (Å²) in [7, 11) is -3.90. The van der Waals surface area contributed by atoms with Gasteiger partial charge in [-0.3, -0.25) is 9.59 Å². The molecule has 22 heavy (non-hydrogen) atoms. The summed E-state index contributed by atoms with van der Waals surface area (Å²) < 4.78 is 26.2. The molecular weight excluding hydrogens is 322 g/mol. The number of benzene rings is 1. The molecule has 0 aliphatic carbocycles. The van der Waals surface area contributed by atoms with Gasteiger partial charge in [0.15, 0.2) is 5.78 Å². The second-order valence-electron chi connectivity index (χ2n) is 4.74.